The van der Waals surface area contributed by atoms with Crippen LogP contribution in [0.25, 0.3) is 0 Å². The third kappa shape index (κ3) is 4.43. The van der Waals surface area contributed by atoms with Crippen molar-refractivity contribution in [3.8, 4) is 0 Å². The van der Waals surface area contributed by atoms with E-state index in [0.29, 0.717) is 5.56 Å². The Morgan fingerprint density at radius 1 is 1.14 bits per heavy atom. The Kier molecular flexibility index (Phi) is 5.83. The molecule has 0 aliphatic carbocycles. The molecule has 152 valence electrons. The van der Waals surface area contributed by atoms with E-state index in [-0.39, 0.29) is 17.5 Å². The second-order valence-corrected chi connectivity index (χ2v) is 10.00. The van der Waals surface area contributed by atoms with Crippen LogP contribution in [-0.2, 0) is 23.0 Å². The first kappa shape index (κ1) is 20.2. The van der Waals surface area contributed by atoms with Gasteiger partial charge in [0.2, 0.25) is 10.0 Å². The molecule has 0 bridgehead atoms. The Morgan fingerprint density at radius 2 is 1.93 bits per heavy atom. The van der Waals surface area contributed by atoms with Crippen LogP contribution < -0.4 is 4.72 Å². The van der Waals surface area contributed by atoms with E-state index >= 15 is 0 Å². The standard InChI is InChI=1S/C22H23FN2O2S2/c1-16-13-19(23)8-9-22(16)29(26,27)24-14-20(21-7-4-12-28-21)25-11-10-17-5-2-3-6-18(17)15-25/h2-9,12-13,20,24H,10-11,14-15H2,1H3/t20-/m1/s1. The van der Waals surface area contributed by atoms with Gasteiger partial charge in [0, 0.05) is 24.5 Å². The first-order valence-corrected chi connectivity index (χ1v) is 11.9. The Labute approximate surface area is 175 Å². The monoisotopic (exact) mass is 430 g/mol. The fourth-order valence-corrected chi connectivity index (χ4v) is 5.98. The van der Waals surface area contributed by atoms with Gasteiger partial charge in [-0.3, -0.25) is 4.90 Å². The van der Waals surface area contributed by atoms with E-state index in [1.165, 1.54) is 29.3 Å². The minimum absolute atomic E-state index is 0.0566. The minimum Gasteiger partial charge on any atom is -0.290 e. The highest BCUT2D eigenvalue weighted by atomic mass is 32.2. The molecule has 0 saturated heterocycles. The molecular weight excluding hydrogens is 407 g/mol. The van der Waals surface area contributed by atoms with Gasteiger partial charge in [-0.05, 0) is 59.7 Å². The van der Waals surface area contributed by atoms with Gasteiger partial charge in [0.15, 0.2) is 0 Å². The van der Waals surface area contributed by atoms with Crippen molar-refractivity contribution in [2.24, 2.45) is 0 Å². The van der Waals surface area contributed by atoms with E-state index in [0.717, 1.165) is 24.4 Å². The van der Waals surface area contributed by atoms with Crippen LogP contribution in [0.5, 0.6) is 0 Å². The van der Waals surface area contributed by atoms with Crippen molar-refractivity contribution >= 4 is 21.4 Å². The Morgan fingerprint density at radius 3 is 2.66 bits per heavy atom. The number of nitrogens with zero attached hydrogens (tertiary/aromatic N) is 1. The zero-order valence-corrected chi connectivity index (χ0v) is 17.8. The smallest absolute Gasteiger partial charge is 0.240 e. The van der Waals surface area contributed by atoms with Gasteiger partial charge >= 0.3 is 0 Å². The molecule has 1 aliphatic rings. The first-order valence-electron chi connectivity index (χ1n) is 9.54. The molecule has 0 fully saturated rings. The molecule has 7 heteroatoms. The molecule has 2 heterocycles. The van der Waals surface area contributed by atoms with Crippen LogP contribution >= 0.6 is 11.3 Å². The summed E-state index contributed by atoms with van der Waals surface area (Å²) in [7, 11) is -3.73. The SMILES string of the molecule is Cc1cc(F)ccc1S(=O)(=O)NC[C@H](c1cccs1)N1CCc2ccccc2C1. The summed E-state index contributed by atoms with van der Waals surface area (Å²) in [6.45, 7) is 3.53. The van der Waals surface area contributed by atoms with Crippen LogP contribution in [0.1, 0.15) is 27.6 Å². The van der Waals surface area contributed by atoms with E-state index in [9.17, 15) is 12.8 Å². The van der Waals surface area contributed by atoms with Crippen molar-refractivity contribution in [3.05, 3.63) is 87.4 Å². The minimum atomic E-state index is -3.73. The maximum absolute atomic E-state index is 13.4. The summed E-state index contributed by atoms with van der Waals surface area (Å²) in [5, 5.41) is 2.01. The zero-order valence-electron chi connectivity index (χ0n) is 16.1. The normalized spacial score (nSPS) is 15.8. The van der Waals surface area contributed by atoms with Crippen LogP contribution in [-0.4, -0.2) is 26.4 Å². The lowest BCUT2D eigenvalue weighted by Crippen LogP contribution is -2.40. The van der Waals surface area contributed by atoms with Gasteiger partial charge in [0.05, 0.1) is 10.9 Å². The summed E-state index contributed by atoms with van der Waals surface area (Å²) in [6, 6.07) is 16.1. The quantitative estimate of drug-likeness (QED) is 0.635. The van der Waals surface area contributed by atoms with Gasteiger partial charge in [-0.15, -0.1) is 11.3 Å². The Balaban J connectivity index is 1.56. The lowest BCUT2D eigenvalue weighted by molar-refractivity contribution is 0.183. The summed E-state index contributed by atoms with van der Waals surface area (Å²) in [5.41, 5.74) is 3.05. The molecular formula is C22H23FN2O2S2. The highest BCUT2D eigenvalue weighted by molar-refractivity contribution is 7.89. The molecule has 1 aliphatic heterocycles. The van der Waals surface area contributed by atoms with Gasteiger partial charge in [0.25, 0.3) is 0 Å². The second-order valence-electron chi connectivity index (χ2n) is 7.28. The van der Waals surface area contributed by atoms with Crippen LogP contribution in [0, 0.1) is 12.7 Å². The van der Waals surface area contributed by atoms with E-state index in [1.807, 2.05) is 23.6 Å². The molecule has 2 aromatic carbocycles. The van der Waals surface area contributed by atoms with Crippen LogP contribution in [0.2, 0.25) is 0 Å². The molecule has 4 nitrogen and oxygen atoms in total. The van der Waals surface area contributed by atoms with Crippen molar-refractivity contribution in [2.75, 3.05) is 13.1 Å². The van der Waals surface area contributed by atoms with Crippen molar-refractivity contribution < 1.29 is 12.8 Å². The number of nitrogens with one attached hydrogen (secondary N) is 1. The molecule has 0 saturated carbocycles. The maximum atomic E-state index is 13.4. The molecule has 1 atom stereocenters. The number of hydrogen-bond acceptors (Lipinski definition) is 4. The molecule has 0 radical (unpaired) electrons. The summed E-state index contributed by atoms with van der Waals surface area (Å²) in [4.78, 5) is 3.57. The number of hydrogen-bond donors (Lipinski definition) is 1. The van der Waals surface area contributed by atoms with Crippen LogP contribution in [0.3, 0.4) is 0 Å². The van der Waals surface area contributed by atoms with Crippen molar-refractivity contribution in [2.45, 2.75) is 30.8 Å². The van der Waals surface area contributed by atoms with Gasteiger partial charge in [-0.2, -0.15) is 0 Å². The highest BCUT2D eigenvalue weighted by Gasteiger charge is 2.27. The van der Waals surface area contributed by atoms with Crippen molar-refractivity contribution in [1.29, 1.82) is 0 Å². The van der Waals surface area contributed by atoms with E-state index < -0.39 is 15.8 Å². The van der Waals surface area contributed by atoms with Crippen molar-refractivity contribution in [1.82, 2.24) is 9.62 Å². The summed E-state index contributed by atoms with van der Waals surface area (Å²) < 4.78 is 41.9. The fraction of sp³-hybridized carbons (Fsp3) is 0.273. The van der Waals surface area contributed by atoms with Gasteiger partial charge in [-0.1, -0.05) is 30.3 Å². The number of thiophene rings is 1. The van der Waals surface area contributed by atoms with E-state index in [1.54, 1.807) is 18.3 Å². The molecule has 0 amide bonds. The highest BCUT2D eigenvalue weighted by Crippen LogP contribution is 2.30. The fourth-order valence-electron chi connectivity index (χ4n) is 3.85. The first-order chi connectivity index (χ1) is 13.9. The largest absolute Gasteiger partial charge is 0.290 e. The maximum Gasteiger partial charge on any atom is 0.240 e. The van der Waals surface area contributed by atoms with Gasteiger partial charge < -0.3 is 0 Å². The second kappa shape index (κ2) is 8.36. The third-order valence-corrected chi connectivity index (χ3v) is 7.92. The molecule has 29 heavy (non-hydrogen) atoms. The molecule has 4 rings (SSSR count). The molecule has 1 aromatic heterocycles. The average molecular weight is 431 g/mol. The number of fused-ring (bicyclic) bond motifs is 1. The lowest BCUT2D eigenvalue weighted by Gasteiger charge is -2.35. The molecule has 0 unspecified atom stereocenters. The molecule has 0 spiro atoms. The number of rotatable bonds is 6. The number of aryl methyl sites for hydroxylation is 1. The van der Waals surface area contributed by atoms with Gasteiger partial charge in [-0.25, -0.2) is 17.5 Å². The Hall–Kier alpha value is -2.06. The Bertz CT molecular complexity index is 1100. The zero-order chi connectivity index (χ0) is 20.4. The summed E-state index contributed by atoms with van der Waals surface area (Å²) in [6.07, 6.45) is 0.946. The topological polar surface area (TPSA) is 49.4 Å². The number of sulfonamides is 1. The predicted octanol–water partition coefficient (Wildman–Crippen LogP) is 4.27. The van der Waals surface area contributed by atoms with E-state index in [4.69, 9.17) is 0 Å². The van der Waals surface area contributed by atoms with E-state index in [2.05, 4.69) is 27.8 Å². The van der Waals surface area contributed by atoms with Gasteiger partial charge in [0.1, 0.15) is 5.82 Å². The van der Waals surface area contributed by atoms with Crippen molar-refractivity contribution in [3.63, 3.8) is 0 Å². The predicted molar refractivity (Wildman–Crippen MR) is 114 cm³/mol. The average Bonchev–Trinajstić information content (AvgIpc) is 3.22. The summed E-state index contributed by atoms with van der Waals surface area (Å²) >= 11 is 1.63. The number of halogens is 1. The number of benzene rings is 2. The lowest BCUT2D eigenvalue weighted by atomic mass is 9.98. The van der Waals surface area contributed by atoms with Crippen LogP contribution in [0.15, 0.2) is 64.9 Å². The summed E-state index contributed by atoms with van der Waals surface area (Å²) in [5.74, 6) is -0.440. The molecule has 1 N–H and O–H groups in total. The third-order valence-electron chi connectivity index (χ3n) is 5.37. The van der Waals surface area contributed by atoms with Crippen LogP contribution in [0.4, 0.5) is 4.39 Å². The molecule has 3 aromatic rings.